The second-order valence-corrected chi connectivity index (χ2v) is 6.06. The van der Waals surface area contributed by atoms with Gasteiger partial charge in [0.05, 0.1) is 0 Å². The Morgan fingerprint density at radius 1 is 0.652 bits per heavy atom. The highest BCUT2D eigenvalue weighted by Gasteiger charge is 2.13. The molecule has 108 valence electrons. The first-order valence-corrected chi connectivity index (χ1v) is 7.84. The van der Waals surface area contributed by atoms with Crippen LogP contribution in [-0.4, -0.2) is 4.98 Å². The van der Waals surface area contributed by atoms with Crippen molar-refractivity contribution in [3.05, 3.63) is 84.9 Å². The number of nitrogens with zero attached hydrogens (tertiary/aromatic N) is 2. The van der Waals surface area contributed by atoms with Crippen LogP contribution in [0.1, 0.15) is 5.56 Å². The van der Waals surface area contributed by atoms with E-state index >= 15 is 0 Å². The normalized spacial score (nSPS) is 11.7. The predicted molar refractivity (Wildman–Crippen MR) is 93.7 cm³/mol. The first-order chi connectivity index (χ1) is 11.4. The van der Waals surface area contributed by atoms with Gasteiger partial charge in [-0.05, 0) is 12.1 Å². The van der Waals surface area contributed by atoms with Crippen molar-refractivity contribution in [1.82, 2.24) is 4.98 Å². The molecule has 5 aromatic rings. The van der Waals surface area contributed by atoms with Gasteiger partial charge in [-0.15, -0.1) is 0 Å². The van der Waals surface area contributed by atoms with E-state index in [-0.39, 0.29) is 0 Å². The van der Waals surface area contributed by atoms with E-state index in [1.807, 2.05) is 12.4 Å². The molecule has 0 radical (unpaired) electrons. The molecule has 0 fully saturated rings. The van der Waals surface area contributed by atoms with E-state index in [2.05, 4.69) is 76.5 Å². The maximum Gasteiger partial charge on any atom is 0.177 e. The van der Waals surface area contributed by atoms with E-state index in [1.165, 1.54) is 37.9 Å². The SMILES string of the molecule is c1ccc(C[n+]2cc3ccc4cncc5ccc(c2)c3c45)cc1. The minimum absolute atomic E-state index is 0.888. The Kier molecular flexibility index (Phi) is 2.59. The molecule has 0 amide bonds. The van der Waals surface area contributed by atoms with Crippen molar-refractivity contribution in [2.45, 2.75) is 6.54 Å². The third kappa shape index (κ3) is 1.95. The summed E-state index contributed by atoms with van der Waals surface area (Å²) in [7, 11) is 0. The van der Waals surface area contributed by atoms with Crippen molar-refractivity contribution in [1.29, 1.82) is 0 Å². The molecule has 2 heteroatoms. The van der Waals surface area contributed by atoms with Gasteiger partial charge in [0.1, 0.15) is 0 Å². The molecule has 0 aliphatic carbocycles. The van der Waals surface area contributed by atoms with Gasteiger partial charge in [-0.1, -0.05) is 42.5 Å². The lowest BCUT2D eigenvalue weighted by atomic mass is 9.97. The van der Waals surface area contributed by atoms with Gasteiger partial charge in [0, 0.05) is 50.3 Å². The van der Waals surface area contributed by atoms with Crippen molar-refractivity contribution in [2.24, 2.45) is 0 Å². The molecule has 0 N–H and O–H groups in total. The fourth-order valence-electron chi connectivity index (χ4n) is 3.51. The van der Waals surface area contributed by atoms with Crippen LogP contribution in [0.4, 0.5) is 0 Å². The number of rotatable bonds is 2. The van der Waals surface area contributed by atoms with Gasteiger partial charge < -0.3 is 0 Å². The Morgan fingerprint density at radius 3 is 1.87 bits per heavy atom. The van der Waals surface area contributed by atoms with Crippen LogP contribution in [0, 0.1) is 0 Å². The number of hydrogen-bond acceptors (Lipinski definition) is 1. The zero-order chi connectivity index (χ0) is 15.2. The summed E-state index contributed by atoms with van der Waals surface area (Å²) in [6.45, 7) is 0.888. The quantitative estimate of drug-likeness (QED) is 0.350. The van der Waals surface area contributed by atoms with Crippen LogP contribution < -0.4 is 4.57 Å². The summed E-state index contributed by atoms with van der Waals surface area (Å²) in [6, 6.07) is 19.3. The maximum atomic E-state index is 4.34. The van der Waals surface area contributed by atoms with E-state index in [0.29, 0.717) is 0 Å². The fraction of sp³-hybridized carbons (Fsp3) is 0.0476. The van der Waals surface area contributed by atoms with Gasteiger partial charge in [-0.2, -0.15) is 4.57 Å². The van der Waals surface area contributed by atoms with Crippen LogP contribution in [0.25, 0.3) is 32.3 Å². The Morgan fingerprint density at radius 2 is 1.22 bits per heavy atom. The van der Waals surface area contributed by atoms with E-state index in [4.69, 9.17) is 0 Å². The van der Waals surface area contributed by atoms with Crippen LogP contribution in [0.3, 0.4) is 0 Å². The third-order valence-corrected chi connectivity index (χ3v) is 4.53. The molecular formula is C21H15N2+. The lowest BCUT2D eigenvalue weighted by Gasteiger charge is -2.09. The molecule has 0 unspecified atom stereocenters. The number of aromatic nitrogens is 2. The van der Waals surface area contributed by atoms with Gasteiger partial charge >= 0.3 is 0 Å². The fourth-order valence-corrected chi connectivity index (χ4v) is 3.51. The molecule has 23 heavy (non-hydrogen) atoms. The summed E-state index contributed by atoms with van der Waals surface area (Å²) in [5, 5.41) is 7.64. The molecule has 0 saturated carbocycles. The highest BCUT2D eigenvalue weighted by molar-refractivity contribution is 6.21. The molecular weight excluding hydrogens is 280 g/mol. The van der Waals surface area contributed by atoms with Gasteiger partial charge in [0.25, 0.3) is 0 Å². The molecule has 2 nitrogen and oxygen atoms in total. The molecule has 0 saturated heterocycles. The van der Waals surface area contributed by atoms with Gasteiger partial charge in [-0.25, -0.2) is 0 Å². The molecule has 0 aliphatic rings. The summed E-state index contributed by atoms with van der Waals surface area (Å²) in [6.07, 6.45) is 8.39. The van der Waals surface area contributed by atoms with Crippen molar-refractivity contribution in [3.63, 3.8) is 0 Å². The smallest absolute Gasteiger partial charge is 0.177 e. The monoisotopic (exact) mass is 295 g/mol. The molecule has 0 bridgehead atoms. The summed E-state index contributed by atoms with van der Waals surface area (Å²) in [5.74, 6) is 0. The zero-order valence-corrected chi connectivity index (χ0v) is 12.6. The number of pyridine rings is 2. The standard InChI is InChI=1S/C21H15N2/c1-2-4-15(5-3-1)12-23-13-18-8-6-16-10-22-11-17-7-9-19(14-23)21(18)20(16)17/h1-11,13-14H,12H2/q+1. The topological polar surface area (TPSA) is 16.8 Å². The third-order valence-electron chi connectivity index (χ3n) is 4.53. The highest BCUT2D eigenvalue weighted by Crippen LogP contribution is 2.32. The van der Waals surface area contributed by atoms with Crippen molar-refractivity contribution < 1.29 is 4.57 Å². The summed E-state index contributed by atoms with van der Waals surface area (Å²) < 4.78 is 2.27. The van der Waals surface area contributed by atoms with Gasteiger partial charge in [0.15, 0.2) is 18.9 Å². The first kappa shape index (κ1) is 12.5. The lowest BCUT2D eigenvalue weighted by Crippen LogP contribution is -2.33. The predicted octanol–water partition coefficient (Wildman–Crippen LogP) is 4.31. The van der Waals surface area contributed by atoms with Crippen LogP contribution in [0.2, 0.25) is 0 Å². The Labute approximate surface area is 134 Å². The zero-order valence-electron chi connectivity index (χ0n) is 12.6. The van der Waals surface area contributed by atoms with E-state index < -0.39 is 0 Å². The molecule has 2 heterocycles. The molecule has 0 spiro atoms. The first-order valence-electron chi connectivity index (χ1n) is 7.84. The highest BCUT2D eigenvalue weighted by atomic mass is 14.9. The molecule has 5 rings (SSSR count). The Balaban J connectivity index is 1.78. The lowest BCUT2D eigenvalue weighted by molar-refractivity contribution is -0.685. The number of benzene rings is 3. The molecule has 2 aromatic heterocycles. The van der Waals surface area contributed by atoms with Crippen LogP contribution >= 0.6 is 0 Å². The maximum absolute atomic E-state index is 4.34. The minimum Gasteiger partial charge on any atom is -0.263 e. The average molecular weight is 295 g/mol. The van der Waals surface area contributed by atoms with E-state index in [0.717, 1.165) is 6.54 Å². The second-order valence-electron chi connectivity index (χ2n) is 6.06. The van der Waals surface area contributed by atoms with E-state index in [9.17, 15) is 0 Å². The van der Waals surface area contributed by atoms with E-state index in [1.54, 1.807) is 0 Å². The van der Waals surface area contributed by atoms with Crippen molar-refractivity contribution >= 4 is 32.3 Å². The largest absolute Gasteiger partial charge is 0.263 e. The number of hydrogen-bond donors (Lipinski definition) is 0. The second kappa shape index (κ2) is 4.75. The average Bonchev–Trinajstić information content (AvgIpc) is 2.60. The summed E-state index contributed by atoms with van der Waals surface area (Å²) in [5.41, 5.74) is 1.31. The Bertz CT molecular complexity index is 1070. The van der Waals surface area contributed by atoms with Crippen LogP contribution in [0.15, 0.2) is 79.4 Å². The van der Waals surface area contributed by atoms with Gasteiger partial charge in [-0.3, -0.25) is 4.98 Å². The van der Waals surface area contributed by atoms with Crippen molar-refractivity contribution in [3.8, 4) is 0 Å². The Hall–Kier alpha value is -3.00. The minimum atomic E-state index is 0.888. The van der Waals surface area contributed by atoms with Crippen molar-refractivity contribution in [2.75, 3.05) is 0 Å². The summed E-state index contributed by atoms with van der Waals surface area (Å²) in [4.78, 5) is 4.34. The van der Waals surface area contributed by atoms with Crippen LogP contribution in [-0.2, 0) is 6.54 Å². The van der Waals surface area contributed by atoms with Crippen LogP contribution in [0.5, 0.6) is 0 Å². The molecule has 3 aromatic carbocycles. The molecule has 0 aliphatic heterocycles. The van der Waals surface area contributed by atoms with Gasteiger partial charge in [0.2, 0.25) is 0 Å². The summed E-state index contributed by atoms with van der Waals surface area (Å²) >= 11 is 0. The molecule has 0 atom stereocenters.